The van der Waals surface area contributed by atoms with Crippen molar-refractivity contribution in [2.24, 2.45) is 0 Å². The molecule has 0 fully saturated rings. The summed E-state index contributed by atoms with van der Waals surface area (Å²) in [6.07, 6.45) is 2.19. The first-order valence-electron chi connectivity index (χ1n) is 8.27. The third-order valence-corrected chi connectivity index (χ3v) is 3.10. The molecule has 1 unspecified atom stereocenters. The molecule has 138 valence electrons. The topological polar surface area (TPSA) is 99.1 Å². The molecule has 0 aliphatic heterocycles. The molecular weight excluding hydrogens is 316 g/mol. The number of ether oxygens (including phenoxy) is 3. The summed E-state index contributed by atoms with van der Waals surface area (Å²) in [5, 5.41) is 8.65. The van der Waals surface area contributed by atoms with Gasteiger partial charge >= 0.3 is 17.9 Å². The maximum absolute atomic E-state index is 12.0. The number of hydrogen-bond acceptors (Lipinski definition) is 6. The average molecular weight is 344 g/mol. The molecule has 1 atom stereocenters. The molecule has 0 aromatic carbocycles. The van der Waals surface area contributed by atoms with Gasteiger partial charge in [-0.15, -0.1) is 0 Å². The van der Waals surface area contributed by atoms with Gasteiger partial charge in [-0.25, -0.2) is 9.59 Å². The van der Waals surface area contributed by atoms with Gasteiger partial charge < -0.3 is 19.3 Å². The predicted molar refractivity (Wildman–Crippen MR) is 87.5 cm³/mol. The summed E-state index contributed by atoms with van der Waals surface area (Å²) in [5.74, 6) is -2.73. The molecule has 0 aromatic heterocycles. The lowest BCUT2D eigenvalue weighted by Crippen LogP contribution is -2.31. The van der Waals surface area contributed by atoms with E-state index in [1.165, 1.54) is 0 Å². The molecule has 7 nitrogen and oxygen atoms in total. The fraction of sp³-hybridized carbons (Fsp3) is 0.706. The lowest BCUT2D eigenvalue weighted by Gasteiger charge is -2.17. The SMILES string of the molecule is C=C(CC(=O)O)C(=O)OC(CCCC)C(=O)OCCOCCCC. The zero-order valence-electron chi connectivity index (χ0n) is 14.5. The van der Waals surface area contributed by atoms with Crippen molar-refractivity contribution in [1.29, 1.82) is 0 Å². The molecule has 0 spiro atoms. The minimum Gasteiger partial charge on any atom is -0.481 e. The quantitative estimate of drug-likeness (QED) is 0.293. The van der Waals surface area contributed by atoms with E-state index in [1.54, 1.807) is 0 Å². The van der Waals surface area contributed by atoms with E-state index in [9.17, 15) is 14.4 Å². The molecule has 24 heavy (non-hydrogen) atoms. The van der Waals surface area contributed by atoms with E-state index in [1.807, 2.05) is 13.8 Å². The van der Waals surface area contributed by atoms with Gasteiger partial charge in [0.2, 0.25) is 0 Å². The molecule has 0 bridgehead atoms. The summed E-state index contributed by atoms with van der Waals surface area (Å²) >= 11 is 0. The van der Waals surface area contributed by atoms with Crippen LogP contribution in [0.25, 0.3) is 0 Å². The van der Waals surface area contributed by atoms with Crippen molar-refractivity contribution in [1.82, 2.24) is 0 Å². The van der Waals surface area contributed by atoms with E-state index in [0.29, 0.717) is 19.4 Å². The van der Waals surface area contributed by atoms with Crippen LogP contribution < -0.4 is 0 Å². The molecule has 1 N–H and O–H groups in total. The monoisotopic (exact) mass is 344 g/mol. The second-order valence-electron chi connectivity index (χ2n) is 5.34. The minimum absolute atomic E-state index is 0.0821. The van der Waals surface area contributed by atoms with Crippen molar-refractivity contribution >= 4 is 17.9 Å². The summed E-state index contributed by atoms with van der Waals surface area (Å²) in [6, 6.07) is 0. The zero-order valence-corrected chi connectivity index (χ0v) is 14.5. The summed E-state index contributed by atoms with van der Waals surface area (Å²) < 4.78 is 15.4. The van der Waals surface area contributed by atoms with Crippen LogP contribution in [0.5, 0.6) is 0 Å². The summed E-state index contributed by atoms with van der Waals surface area (Å²) in [4.78, 5) is 34.4. The van der Waals surface area contributed by atoms with Gasteiger partial charge in [0, 0.05) is 12.2 Å². The maximum atomic E-state index is 12.0. The smallest absolute Gasteiger partial charge is 0.347 e. The highest BCUT2D eigenvalue weighted by Gasteiger charge is 2.25. The number of aliphatic carboxylic acids is 1. The number of carbonyl (C=O) groups excluding carboxylic acids is 2. The molecule has 0 amide bonds. The lowest BCUT2D eigenvalue weighted by atomic mass is 10.1. The maximum Gasteiger partial charge on any atom is 0.347 e. The van der Waals surface area contributed by atoms with Crippen LogP contribution in [0.15, 0.2) is 12.2 Å². The van der Waals surface area contributed by atoms with Crippen molar-refractivity contribution < 1.29 is 33.7 Å². The Bertz CT molecular complexity index is 417. The zero-order chi connectivity index (χ0) is 18.4. The highest BCUT2D eigenvalue weighted by atomic mass is 16.6. The first-order chi connectivity index (χ1) is 11.4. The van der Waals surface area contributed by atoms with Gasteiger partial charge in [-0.3, -0.25) is 4.79 Å². The molecule has 0 aromatic rings. The first kappa shape index (κ1) is 22.1. The van der Waals surface area contributed by atoms with Crippen molar-refractivity contribution in [2.75, 3.05) is 19.8 Å². The van der Waals surface area contributed by atoms with Gasteiger partial charge in [0.05, 0.1) is 13.0 Å². The van der Waals surface area contributed by atoms with Gasteiger partial charge in [0.25, 0.3) is 0 Å². The van der Waals surface area contributed by atoms with Crippen LogP contribution in [-0.4, -0.2) is 48.9 Å². The molecule has 0 saturated heterocycles. The number of carboxylic acids is 1. The number of rotatable bonds is 14. The van der Waals surface area contributed by atoms with Crippen LogP contribution >= 0.6 is 0 Å². The number of hydrogen-bond donors (Lipinski definition) is 1. The molecular formula is C17H28O7. The Morgan fingerprint density at radius 2 is 1.71 bits per heavy atom. The predicted octanol–water partition coefficient (Wildman–Crippen LogP) is 2.48. The van der Waals surface area contributed by atoms with Gasteiger partial charge in [-0.2, -0.15) is 0 Å². The van der Waals surface area contributed by atoms with E-state index in [4.69, 9.17) is 19.3 Å². The van der Waals surface area contributed by atoms with Crippen molar-refractivity contribution in [3.63, 3.8) is 0 Å². The molecule has 0 radical (unpaired) electrons. The Kier molecular flexibility index (Phi) is 12.5. The van der Waals surface area contributed by atoms with Crippen molar-refractivity contribution in [2.45, 2.75) is 58.5 Å². The Morgan fingerprint density at radius 3 is 2.29 bits per heavy atom. The highest BCUT2D eigenvalue weighted by molar-refractivity contribution is 5.94. The van der Waals surface area contributed by atoms with E-state index < -0.39 is 30.4 Å². The molecule has 7 heteroatoms. The Hall–Kier alpha value is -1.89. The van der Waals surface area contributed by atoms with Gasteiger partial charge in [0.15, 0.2) is 6.10 Å². The molecule has 0 heterocycles. The van der Waals surface area contributed by atoms with Gasteiger partial charge in [-0.1, -0.05) is 33.3 Å². The van der Waals surface area contributed by atoms with Crippen LogP contribution in [-0.2, 0) is 28.6 Å². The van der Waals surface area contributed by atoms with Gasteiger partial charge in [-0.05, 0) is 19.3 Å². The Morgan fingerprint density at radius 1 is 1.04 bits per heavy atom. The van der Waals surface area contributed by atoms with E-state index >= 15 is 0 Å². The number of esters is 2. The number of carbonyl (C=O) groups is 3. The summed E-state index contributed by atoms with van der Waals surface area (Å²) in [5.41, 5.74) is -0.209. The fourth-order valence-corrected chi connectivity index (χ4v) is 1.72. The van der Waals surface area contributed by atoms with E-state index in [-0.39, 0.29) is 18.8 Å². The molecule has 0 aliphatic rings. The van der Waals surface area contributed by atoms with Crippen LogP contribution in [0.2, 0.25) is 0 Å². The highest BCUT2D eigenvalue weighted by Crippen LogP contribution is 2.11. The average Bonchev–Trinajstić information content (AvgIpc) is 2.53. The standard InChI is InChI=1S/C17H28O7/c1-4-6-8-14(24-16(20)13(3)12-15(18)19)17(21)23-11-10-22-9-7-5-2/h14H,3-12H2,1-2H3,(H,18,19). The second-order valence-corrected chi connectivity index (χ2v) is 5.34. The third-order valence-electron chi connectivity index (χ3n) is 3.10. The van der Waals surface area contributed by atoms with Crippen LogP contribution in [0, 0.1) is 0 Å². The summed E-state index contributed by atoms with van der Waals surface area (Å²) in [7, 11) is 0. The first-order valence-corrected chi connectivity index (χ1v) is 8.27. The van der Waals surface area contributed by atoms with Crippen LogP contribution in [0.3, 0.4) is 0 Å². The number of carboxylic acid groups (broad SMARTS) is 1. The third kappa shape index (κ3) is 10.8. The fourth-order valence-electron chi connectivity index (χ4n) is 1.72. The lowest BCUT2D eigenvalue weighted by molar-refractivity contribution is -0.167. The minimum atomic E-state index is -1.19. The normalized spacial score (nSPS) is 11.6. The van der Waals surface area contributed by atoms with Crippen LogP contribution in [0.1, 0.15) is 52.4 Å². The molecule has 0 rings (SSSR count). The van der Waals surface area contributed by atoms with E-state index in [0.717, 1.165) is 19.3 Å². The Labute approximate surface area is 143 Å². The second kappa shape index (κ2) is 13.5. The Balaban J connectivity index is 4.36. The molecule has 0 aliphatic carbocycles. The van der Waals surface area contributed by atoms with Crippen LogP contribution in [0.4, 0.5) is 0 Å². The van der Waals surface area contributed by atoms with Crippen molar-refractivity contribution in [3.8, 4) is 0 Å². The molecule has 0 saturated carbocycles. The number of unbranched alkanes of at least 4 members (excludes halogenated alkanes) is 2. The van der Waals surface area contributed by atoms with Crippen molar-refractivity contribution in [3.05, 3.63) is 12.2 Å². The largest absolute Gasteiger partial charge is 0.481 e. The summed E-state index contributed by atoms with van der Waals surface area (Å²) in [6.45, 7) is 8.33. The van der Waals surface area contributed by atoms with E-state index in [2.05, 4.69) is 6.58 Å². The van der Waals surface area contributed by atoms with Gasteiger partial charge in [0.1, 0.15) is 6.61 Å².